The smallest absolute Gasteiger partial charge is 0.319 e. The Bertz CT molecular complexity index is 782. The van der Waals surface area contributed by atoms with Gasteiger partial charge in [0.05, 0.1) is 10.6 Å². The molecule has 0 saturated heterocycles. The van der Waals surface area contributed by atoms with Crippen LogP contribution in [0, 0.1) is 30.9 Å². The number of anilines is 1. The van der Waals surface area contributed by atoms with E-state index >= 15 is 0 Å². The maximum absolute atomic E-state index is 12.0. The molecule has 0 unspecified atom stereocenters. The fourth-order valence-corrected chi connectivity index (χ4v) is 2.55. The molecule has 0 aliphatic rings. The molecule has 24 heavy (non-hydrogen) atoms. The quantitative estimate of drug-likeness (QED) is 0.649. The highest BCUT2D eigenvalue weighted by molar-refractivity contribution is 5.90. The van der Waals surface area contributed by atoms with E-state index in [9.17, 15) is 14.9 Å². The molecule has 0 bridgehead atoms. The van der Waals surface area contributed by atoms with Crippen LogP contribution in [0.25, 0.3) is 0 Å². The lowest BCUT2D eigenvalue weighted by Crippen LogP contribution is -2.30. The molecule has 8 heteroatoms. The van der Waals surface area contributed by atoms with Gasteiger partial charge in [0.2, 0.25) is 0 Å². The molecule has 0 aliphatic heterocycles. The predicted octanol–water partition coefficient (Wildman–Crippen LogP) is 2.62. The molecule has 2 N–H and O–H groups in total. The Morgan fingerprint density at radius 3 is 2.58 bits per heavy atom. The van der Waals surface area contributed by atoms with Crippen LogP contribution in [0.2, 0.25) is 0 Å². The van der Waals surface area contributed by atoms with Crippen molar-refractivity contribution in [1.82, 2.24) is 15.1 Å². The van der Waals surface area contributed by atoms with E-state index in [4.69, 9.17) is 0 Å². The van der Waals surface area contributed by atoms with E-state index in [2.05, 4.69) is 15.7 Å². The number of non-ortho nitro benzene ring substituents is 1. The van der Waals surface area contributed by atoms with Crippen molar-refractivity contribution in [2.75, 3.05) is 11.9 Å². The van der Waals surface area contributed by atoms with Crippen LogP contribution in [-0.4, -0.2) is 27.3 Å². The lowest BCUT2D eigenvalue weighted by atomic mass is 10.1. The lowest BCUT2D eigenvalue weighted by Gasteiger charge is -2.10. The average molecular weight is 331 g/mol. The third kappa shape index (κ3) is 3.89. The highest BCUT2D eigenvalue weighted by Gasteiger charge is 2.11. The summed E-state index contributed by atoms with van der Waals surface area (Å²) in [4.78, 5) is 22.2. The first-order valence-corrected chi connectivity index (χ1v) is 7.58. The fraction of sp³-hybridized carbons (Fsp3) is 0.375. The molecule has 0 fully saturated rings. The van der Waals surface area contributed by atoms with Crippen molar-refractivity contribution in [3.05, 3.63) is 50.8 Å². The van der Waals surface area contributed by atoms with Crippen molar-refractivity contribution in [2.45, 2.75) is 27.2 Å². The summed E-state index contributed by atoms with van der Waals surface area (Å²) in [5.74, 6) is 0. The number of aromatic nitrogens is 2. The molecule has 1 aromatic heterocycles. The first kappa shape index (κ1) is 17.5. The first-order chi connectivity index (χ1) is 11.3. The molecule has 8 nitrogen and oxygen atoms in total. The summed E-state index contributed by atoms with van der Waals surface area (Å²) < 4.78 is 1.82. The monoisotopic (exact) mass is 331 g/mol. The standard InChI is InChI=1S/C16H21N5O3/c1-10-9-13(21(23)24)5-6-15(10)18-16(22)17-8-7-14-11(2)19-20(4)12(14)3/h5-6,9H,7-8H2,1-4H3,(H2,17,18,22). The second-order valence-corrected chi connectivity index (χ2v) is 5.66. The number of hydrogen-bond donors (Lipinski definition) is 2. The van der Waals surface area contributed by atoms with E-state index < -0.39 is 4.92 Å². The van der Waals surface area contributed by atoms with E-state index in [0.717, 1.165) is 17.0 Å². The molecule has 2 aromatic rings. The van der Waals surface area contributed by atoms with E-state index in [-0.39, 0.29) is 11.7 Å². The minimum atomic E-state index is -0.463. The Hall–Kier alpha value is -2.90. The molecule has 1 heterocycles. The Labute approximate surface area is 140 Å². The SMILES string of the molecule is Cc1cc([N+](=O)[O-])ccc1NC(=O)NCCc1c(C)nn(C)c1C. The van der Waals surface area contributed by atoms with Crippen molar-refractivity contribution in [3.8, 4) is 0 Å². The lowest BCUT2D eigenvalue weighted by molar-refractivity contribution is -0.384. The Morgan fingerprint density at radius 2 is 2.04 bits per heavy atom. The highest BCUT2D eigenvalue weighted by atomic mass is 16.6. The molecule has 128 valence electrons. The minimum absolute atomic E-state index is 0.000913. The second kappa shape index (κ2) is 7.12. The molecule has 0 aliphatic carbocycles. The maximum Gasteiger partial charge on any atom is 0.319 e. The van der Waals surface area contributed by atoms with Gasteiger partial charge in [-0.05, 0) is 44.4 Å². The molecule has 0 atom stereocenters. The number of nitrogens with one attached hydrogen (secondary N) is 2. The molecule has 0 saturated carbocycles. The Morgan fingerprint density at radius 1 is 1.33 bits per heavy atom. The molecular weight excluding hydrogens is 310 g/mol. The fourth-order valence-electron chi connectivity index (χ4n) is 2.55. The number of aryl methyl sites for hydroxylation is 3. The summed E-state index contributed by atoms with van der Waals surface area (Å²) >= 11 is 0. The highest BCUT2D eigenvalue weighted by Crippen LogP contribution is 2.21. The number of urea groups is 1. The summed E-state index contributed by atoms with van der Waals surface area (Å²) in [5.41, 5.74) is 4.36. The zero-order valence-corrected chi connectivity index (χ0v) is 14.2. The first-order valence-electron chi connectivity index (χ1n) is 7.58. The van der Waals surface area contributed by atoms with E-state index in [0.29, 0.717) is 24.2 Å². The number of nitro benzene ring substituents is 1. The van der Waals surface area contributed by atoms with Crippen LogP contribution in [0.15, 0.2) is 18.2 Å². The third-order valence-corrected chi connectivity index (χ3v) is 3.99. The molecule has 2 amide bonds. The zero-order chi connectivity index (χ0) is 17.9. The molecule has 2 rings (SSSR count). The van der Waals surface area contributed by atoms with Crippen LogP contribution in [0.4, 0.5) is 16.2 Å². The molecule has 0 radical (unpaired) electrons. The molecule has 0 spiro atoms. The van der Waals surface area contributed by atoms with Crippen molar-refractivity contribution in [1.29, 1.82) is 0 Å². The number of benzene rings is 1. The number of hydrogen-bond acceptors (Lipinski definition) is 4. The van der Waals surface area contributed by atoms with Crippen molar-refractivity contribution in [2.24, 2.45) is 7.05 Å². The number of amides is 2. The van der Waals surface area contributed by atoms with E-state index in [1.54, 1.807) is 6.92 Å². The van der Waals surface area contributed by atoms with Crippen molar-refractivity contribution in [3.63, 3.8) is 0 Å². The van der Waals surface area contributed by atoms with Crippen LogP contribution in [-0.2, 0) is 13.5 Å². The zero-order valence-electron chi connectivity index (χ0n) is 14.2. The van der Waals surface area contributed by atoms with Gasteiger partial charge in [-0.1, -0.05) is 0 Å². The number of rotatable bonds is 5. The van der Waals surface area contributed by atoms with E-state index in [1.165, 1.54) is 18.2 Å². The average Bonchev–Trinajstić information content (AvgIpc) is 2.75. The number of carbonyl (C=O) groups is 1. The number of carbonyl (C=O) groups excluding carboxylic acids is 1. The van der Waals surface area contributed by atoms with Crippen LogP contribution in [0.3, 0.4) is 0 Å². The van der Waals surface area contributed by atoms with Gasteiger partial charge in [0.25, 0.3) is 5.69 Å². The van der Waals surface area contributed by atoms with Gasteiger partial charge in [-0.25, -0.2) is 4.79 Å². The van der Waals surface area contributed by atoms with Gasteiger partial charge in [-0.15, -0.1) is 0 Å². The van der Waals surface area contributed by atoms with Crippen LogP contribution in [0.5, 0.6) is 0 Å². The van der Waals surface area contributed by atoms with Gasteiger partial charge in [0.1, 0.15) is 0 Å². The van der Waals surface area contributed by atoms with Gasteiger partial charge in [-0.2, -0.15) is 5.10 Å². The summed E-state index contributed by atoms with van der Waals surface area (Å²) in [5, 5.41) is 20.6. The summed E-state index contributed by atoms with van der Waals surface area (Å²) in [6.07, 6.45) is 0.693. The van der Waals surface area contributed by atoms with Gasteiger partial charge >= 0.3 is 6.03 Å². The molecular formula is C16H21N5O3. The summed E-state index contributed by atoms with van der Waals surface area (Å²) in [6.45, 7) is 6.13. The van der Waals surface area contributed by atoms with E-state index in [1.807, 2.05) is 25.6 Å². The van der Waals surface area contributed by atoms with Crippen molar-refractivity contribution < 1.29 is 9.72 Å². The Kier molecular flexibility index (Phi) is 5.18. The summed E-state index contributed by atoms with van der Waals surface area (Å²) in [6, 6.07) is 3.98. The van der Waals surface area contributed by atoms with Gasteiger partial charge in [-0.3, -0.25) is 14.8 Å². The topological polar surface area (TPSA) is 102 Å². The van der Waals surface area contributed by atoms with Gasteiger partial charge < -0.3 is 10.6 Å². The largest absolute Gasteiger partial charge is 0.338 e. The number of nitro groups is 1. The van der Waals surface area contributed by atoms with Gasteiger partial charge in [0, 0.05) is 37.1 Å². The Balaban J connectivity index is 1.91. The minimum Gasteiger partial charge on any atom is -0.338 e. The van der Waals surface area contributed by atoms with Gasteiger partial charge in [0.15, 0.2) is 0 Å². The van der Waals surface area contributed by atoms with Crippen LogP contribution >= 0.6 is 0 Å². The van der Waals surface area contributed by atoms with Crippen LogP contribution < -0.4 is 10.6 Å². The molecule has 1 aromatic carbocycles. The maximum atomic E-state index is 12.0. The predicted molar refractivity (Wildman–Crippen MR) is 91.2 cm³/mol. The second-order valence-electron chi connectivity index (χ2n) is 5.66. The summed E-state index contributed by atoms with van der Waals surface area (Å²) in [7, 11) is 1.89. The number of nitrogens with zero attached hydrogens (tertiary/aromatic N) is 3. The normalized spacial score (nSPS) is 10.5. The van der Waals surface area contributed by atoms with Crippen molar-refractivity contribution >= 4 is 17.4 Å². The third-order valence-electron chi connectivity index (χ3n) is 3.99. The van der Waals surface area contributed by atoms with Crippen LogP contribution in [0.1, 0.15) is 22.5 Å².